The Bertz CT molecular complexity index is 1350. The molecule has 1 aromatic heterocycles. The first kappa shape index (κ1) is 27.1. The van der Waals surface area contributed by atoms with E-state index in [0.717, 1.165) is 18.4 Å². The molecule has 8 heteroatoms. The molecule has 2 N–H and O–H groups in total. The molecule has 7 nitrogen and oxygen atoms in total. The first-order chi connectivity index (χ1) is 17.3. The fourth-order valence-corrected chi connectivity index (χ4v) is 4.14. The number of aromatic amines is 1. The smallest absolute Gasteiger partial charge is 0.338 e. The van der Waals surface area contributed by atoms with Crippen LogP contribution in [0.15, 0.2) is 83.8 Å². The van der Waals surface area contributed by atoms with Crippen LogP contribution in [0.1, 0.15) is 49.9 Å². The van der Waals surface area contributed by atoms with Gasteiger partial charge in [0.15, 0.2) is 0 Å². The van der Waals surface area contributed by atoms with Gasteiger partial charge >= 0.3 is 5.97 Å². The van der Waals surface area contributed by atoms with Gasteiger partial charge < -0.3 is 9.72 Å². The van der Waals surface area contributed by atoms with Crippen LogP contribution in [0.2, 0.25) is 0 Å². The monoisotopic (exact) mass is 508 g/mol. The fraction of sp³-hybridized carbons (Fsp3) is 0.286. The summed E-state index contributed by atoms with van der Waals surface area (Å²) in [6.45, 7) is 4.88. The molecule has 1 atom stereocenters. The standard InChI is InChI=1S/C15H22O2.C13H10N2O3S/c1-3-5-9-13(4-2)12-17-15(16)14-10-7-6-8-11-14;16-19(17,18)10-6-7-11-12(8-10)15-13(14-11)9-4-2-1-3-5-9/h6-8,10-11,13H,3-5,9,12H2,1-2H3;1-8H,(H,14,15)(H,16,17,18). The number of H-pyrrole nitrogens is 1. The van der Waals surface area contributed by atoms with Crippen molar-refractivity contribution < 1.29 is 22.5 Å². The average molecular weight is 509 g/mol. The number of carbonyl (C=O) groups excluding carboxylic acids is 1. The van der Waals surface area contributed by atoms with Gasteiger partial charge in [-0.2, -0.15) is 8.42 Å². The number of aromatic nitrogens is 2. The van der Waals surface area contributed by atoms with Crippen molar-refractivity contribution in [1.29, 1.82) is 0 Å². The number of hydrogen-bond donors (Lipinski definition) is 2. The van der Waals surface area contributed by atoms with Gasteiger partial charge in [-0.1, -0.05) is 81.6 Å². The second-order valence-electron chi connectivity index (χ2n) is 8.49. The highest BCUT2D eigenvalue weighted by Crippen LogP contribution is 2.22. The summed E-state index contributed by atoms with van der Waals surface area (Å²) in [6, 6.07) is 22.9. The molecule has 1 heterocycles. The number of fused-ring (bicyclic) bond motifs is 1. The molecular formula is C28H32N2O5S. The number of nitrogens with zero attached hydrogens (tertiary/aromatic N) is 1. The van der Waals surface area contributed by atoms with Crippen molar-refractivity contribution in [2.75, 3.05) is 6.61 Å². The van der Waals surface area contributed by atoms with E-state index in [0.29, 0.717) is 34.9 Å². The van der Waals surface area contributed by atoms with Crippen molar-refractivity contribution in [3.63, 3.8) is 0 Å². The van der Waals surface area contributed by atoms with E-state index in [4.69, 9.17) is 9.29 Å². The molecule has 0 radical (unpaired) electrons. The number of nitrogens with one attached hydrogen (secondary N) is 1. The largest absolute Gasteiger partial charge is 0.462 e. The van der Waals surface area contributed by atoms with Crippen LogP contribution in [-0.4, -0.2) is 35.5 Å². The van der Waals surface area contributed by atoms with Crippen LogP contribution in [0.25, 0.3) is 22.4 Å². The summed E-state index contributed by atoms with van der Waals surface area (Å²) in [6.07, 6.45) is 4.63. The van der Waals surface area contributed by atoms with Gasteiger partial charge in [0.2, 0.25) is 0 Å². The van der Waals surface area contributed by atoms with Crippen LogP contribution < -0.4 is 0 Å². The van der Waals surface area contributed by atoms with E-state index in [1.54, 1.807) is 18.2 Å². The highest BCUT2D eigenvalue weighted by molar-refractivity contribution is 7.85. The number of ether oxygens (including phenoxy) is 1. The van der Waals surface area contributed by atoms with Gasteiger partial charge in [-0.05, 0) is 42.7 Å². The molecule has 0 bridgehead atoms. The second kappa shape index (κ2) is 13.0. The predicted octanol–water partition coefficient (Wildman–Crippen LogP) is 6.54. The molecule has 0 aliphatic rings. The predicted molar refractivity (Wildman–Crippen MR) is 141 cm³/mol. The van der Waals surface area contributed by atoms with Gasteiger partial charge in [0.05, 0.1) is 28.1 Å². The first-order valence-electron chi connectivity index (χ1n) is 12.1. The van der Waals surface area contributed by atoms with Crippen molar-refractivity contribution in [3.8, 4) is 11.4 Å². The number of carbonyl (C=O) groups is 1. The summed E-state index contributed by atoms with van der Waals surface area (Å²) in [5, 5.41) is 0. The van der Waals surface area contributed by atoms with Gasteiger partial charge in [0.1, 0.15) is 5.82 Å². The van der Waals surface area contributed by atoms with Gasteiger partial charge in [-0.25, -0.2) is 9.78 Å². The topological polar surface area (TPSA) is 109 Å². The molecule has 1 unspecified atom stereocenters. The van der Waals surface area contributed by atoms with Crippen LogP contribution in [-0.2, 0) is 14.9 Å². The Labute approximate surface area is 212 Å². The van der Waals surface area contributed by atoms with Gasteiger partial charge in [0.25, 0.3) is 10.1 Å². The molecule has 0 saturated carbocycles. The molecule has 0 aliphatic heterocycles. The Morgan fingerprint density at radius 3 is 2.28 bits per heavy atom. The second-order valence-corrected chi connectivity index (χ2v) is 9.91. The number of hydrogen-bond acceptors (Lipinski definition) is 5. The molecule has 0 saturated heterocycles. The molecule has 0 amide bonds. The molecule has 3 aromatic carbocycles. The highest BCUT2D eigenvalue weighted by atomic mass is 32.2. The maximum Gasteiger partial charge on any atom is 0.338 e. The van der Waals surface area contributed by atoms with E-state index in [-0.39, 0.29) is 10.9 Å². The summed E-state index contributed by atoms with van der Waals surface area (Å²) < 4.78 is 36.5. The summed E-state index contributed by atoms with van der Waals surface area (Å²) in [5.74, 6) is 0.950. The molecule has 0 aliphatic carbocycles. The molecule has 0 spiro atoms. The normalized spacial score (nSPS) is 12.0. The van der Waals surface area contributed by atoms with Gasteiger partial charge in [-0.3, -0.25) is 4.55 Å². The summed E-state index contributed by atoms with van der Waals surface area (Å²) in [5.41, 5.74) is 2.75. The molecule has 190 valence electrons. The third-order valence-electron chi connectivity index (χ3n) is 5.80. The minimum Gasteiger partial charge on any atom is -0.462 e. The summed E-state index contributed by atoms with van der Waals surface area (Å²) >= 11 is 0. The zero-order valence-corrected chi connectivity index (χ0v) is 21.4. The molecule has 4 aromatic rings. The molecule has 0 fully saturated rings. The maximum absolute atomic E-state index is 11.7. The third kappa shape index (κ3) is 7.76. The molecular weight excluding hydrogens is 476 g/mol. The SMILES string of the molecule is CCCCC(CC)COC(=O)c1ccccc1.O=S(=O)(O)c1ccc2nc(-c3ccccc3)[nH]c2c1. The Kier molecular flexibility index (Phi) is 9.78. The van der Waals surface area contributed by atoms with Gasteiger partial charge in [-0.15, -0.1) is 0 Å². The van der Waals surface area contributed by atoms with Crippen molar-refractivity contribution >= 4 is 27.1 Å². The van der Waals surface area contributed by atoms with Crippen molar-refractivity contribution in [2.24, 2.45) is 5.92 Å². The lowest BCUT2D eigenvalue weighted by Gasteiger charge is -2.14. The van der Waals surface area contributed by atoms with Crippen LogP contribution in [0.5, 0.6) is 0 Å². The molecule has 36 heavy (non-hydrogen) atoms. The lowest BCUT2D eigenvalue weighted by molar-refractivity contribution is 0.0428. The van der Waals surface area contributed by atoms with Crippen LogP contribution in [0.4, 0.5) is 0 Å². The minimum atomic E-state index is -4.20. The van der Waals surface area contributed by atoms with Crippen LogP contribution >= 0.6 is 0 Å². The number of rotatable bonds is 9. The minimum absolute atomic E-state index is 0.150. The number of unbranched alkanes of at least 4 members (excludes halogenated alkanes) is 1. The van der Waals surface area contributed by atoms with E-state index >= 15 is 0 Å². The lowest BCUT2D eigenvalue weighted by Crippen LogP contribution is -2.13. The zero-order valence-electron chi connectivity index (χ0n) is 20.6. The summed E-state index contributed by atoms with van der Waals surface area (Å²) in [7, 11) is -4.20. The number of benzene rings is 3. The van der Waals surface area contributed by atoms with Crippen molar-refractivity contribution in [3.05, 3.63) is 84.4 Å². The first-order valence-corrected chi connectivity index (χ1v) is 13.5. The van der Waals surface area contributed by atoms with Gasteiger partial charge in [0, 0.05) is 5.56 Å². The van der Waals surface area contributed by atoms with Crippen LogP contribution in [0.3, 0.4) is 0 Å². The van der Waals surface area contributed by atoms with E-state index < -0.39 is 10.1 Å². The lowest BCUT2D eigenvalue weighted by atomic mass is 10.0. The number of esters is 1. The quantitative estimate of drug-likeness (QED) is 0.196. The van der Waals surface area contributed by atoms with Crippen molar-refractivity contribution in [2.45, 2.75) is 44.4 Å². The van der Waals surface area contributed by atoms with E-state index in [9.17, 15) is 13.2 Å². The van der Waals surface area contributed by atoms with E-state index in [1.807, 2.05) is 48.5 Å². The summed E-state index contributed by atoms with van der Waals surface area (Å²) in [4.78, 5) is 19.0. The number of imidazole rings is 1. The van der Waals surface area contributed by atoms with Crippen LogP contribution in [0, 0.1) is 5.92 Å². The third-order valence-corrected chi connectivity index (χ3v) is 6.65. The Morgan fingerprint density at radius 2 is 1.67 bits per heavy atom. The molecule has 4 rings (SSSR count). The highest BCUT2D eigenvalue weighted by Gasteiger charge is 2.13. The Balaban J connectivity index is 0.000000202. The zero-order chi connectivity index (χ0) is 26.0. The van der Waals surface area contributed by atoms with Crippen molar-refractivity contribution in [1.82, 2.24) is 9.97 Å². The maximum atomic E-state index is 11.7. The average Bonchev–Trinajstić information content (AvgIpc) is 3.33. The Hall–Kier alpha value is -3.49. The van der Waals surface area contributed by atoms with E-state index in [1.165, 1.54) is 25.0 Å². The van der Waals surface area contributed by atoms with E-state index in [2.05, 4.69) is 23.8 Å². The Morgan fingerprint density at radius 1 is 1.00 bits per heavy atom. The fourth-order valence-electron chi connectivity index (χ4n) is 3.63.